The van der Waals surface area contributed by atoms with Crippen LogP contribution in [0.5, 0.6) is 0 Å². The van der Waals surface area contributed by atoms with Crippen LogP contribution in [0.15, 0.2) is 30.5 Å². The van der Waals surface area contributed by atoms with Crippen molar-refractivity contribution in [1.82, 2.24) is 14.6 Å². The predicted octanol–water partition coefficient (Wildman–Crippen LogP) is 5.67. The third-order valence-corrected chi connectivity index (χ3v) is 4.90. The third-order valence-electron chi connectivity index (χ3n) is 4.35. The topological polar surface area (TPSA) is 56.5 Å². The Hall–Kier alpha value is -2.11. The molecule has 0 amide bonds. The first-order valence-electron chi connectivity index (χ1n) is 8.95. The van der Waals surface area contributed by atoms with Crippen molar-refractivity contribution in [2.24, 2.45) is 0 Å². The molecule has 0 bridgehead atoms. The standard InChI is InChI=1S/C20H21Cl2N3O2/c1-4-6-18(27-12(3)26)19-16(5-2)24-25-17(9-10-23-20(19)25)14-8-7-13(21)11-15(14)22/h7-11,18H,4-6H2,1-3H3. The van der Waals surface area contributed by atoms with Crippen LogP contribution < -0.4 is 0 Å². The highest BCUT2D eigenvalue weighted by Gasteiger charge is 2.25. The number of hydrogen-bond acceptors (Lipinski definition) is 4. The second-order valence-corrected chi connectivity index (χ2v) is 7.13. The highest BCUT2D eigenvalue weighted by atomic mass is 35.5. The minimum absolute atomic E-state index is 0.313. The fourth-order valence-corrected chi connectivity index (χ4v) is 3.73. The molecule has 5 nitrogen and oxygen atoms in total. The van der Waals surface area contributed by atoms with Crippen LogP contribution in [0.1, 0.15) is 51.0 Å². The van der Waals surface area contributed by atoms with Gasteiger partial charge < -0.3 is 4.74 Å². The molecule has 0 fully saturated rings. The summed E-state index contributed by atoms with van der Waals surface area (Å²) >= 11 is 12.4. The van der Waals surface area contributed by atoms with E-state index in [4.69, 9.17) is 33.0 Å². The molecule has 1 atom stereocenters. The molecule has 0 spiro atoms. The zero-order valence-corrected chi connectivity index (χ0v) is 17.0. The molecule has 7 heteroatoms. The number of esters is 1. The fraction of sp³-hybridized carbons (Fsp3) is 0.350. The van der Waals surface area contributed by atoms with Crippen molar-refractivity contribution >= 4 is 34.8 Å². The van der Waals surface area contributed by atoms with Gasteiger partial charge in [0.1, 0.15) is 6.10 Å². The maximum atomic E-state index is 11.6. The van der Waals surface area contributed by atoms with Crippen LogP contribution in [0.2, 0.25) is 10.0 Å². The van der Waals surface area contributed by atoms with Crippen molar-refractivity contribution in [2.45, 2.75) is 46.1 Å². The molecule has 2 heterocycles. The zero-order chi connectivity index (χ0) is 19.6. The number of aromatic nitrogens is 3. The number of aryl methyl sites for hydroxylation is 1. The van der Waals surface area contributed by atoms with E-state index in [1.165, 1.54) is 6.92 Å². The number of carbonyl (C=O) groups excluding carboxylic acids is 1. The van der Waals surface area contributed by atoms with Gasteiger partial charge >= 0.3 is 5.97 Å². The summed E-state index contributed by atoms with van der Waals surface area (Å²) in [6, 6.07) is 7.22. The van der Waals surface area contributed by atoms with Crippen molar-refractivity contribution < 1.29 is 9.53 Å². The second-order valence-electron chi connectivity index (χ2n) is 6.29. The minimum atomic E-state index is -0.372. The number of hydrogen-bond donors (Lipinski definition) is 0. The summed E-state index contributed by atoms with van der Waals surface area (Å²) in [5.74, 6) is -0.313. The lowest BCUT2D eigenvalue weighted by Gasteiger charge is -2.16. The molecule has 3 aromatic rings. The summed E-state index contributed by atoms with van der Waals surface area (Å²) in [6.07, 6.45) is 3.64. The van der Waals surface area contributed by atoms with Gasteiger partial charge in [0.15, 0.2) is 5.65 Å². The Labute approximate surface area is 168 Å². The highest BCUT2D eigenvalue weighted by molar-refractivity contribution is 6.36. The Morgan fingerprint density at radius 1 is 1.26 bits per heavy atom. The van der Waals surface area contributed by atoms with Crippen molar-refractivity contribution in [3.8, 4) is 11.3 Å². The maximum Gasteiger partial charge on any atom is 0.303 e. The van der Waals surface area contributed by atoms with E-state index >= 15 is 0 Å². The number of rotatable bonds is 6. The van der Waals surface area contributed by atoms with Gasteiger partial charge in [0.05, 0.1) is 22.0 Å². The third kappa shape index (κ3) is 3.94. The summed E-state index contributed by atoms with van der Waals surface area (Å²) in [4.78, 5) is 16.2. The SMILES string of the molecule is CCCC(OC(C)=O)c1c(CC)nn2c(-c3ccc(Cl)cc3Cl)ccnc12. The minimum Gasteiger partial charge on any atom is -0.457 e. The molecular formula is C20H21Cl2N3O2. The van der Waals surface area contributed by atoms with E-state index in [0.717, 1.165) is 28.9 Å². The first kappa shape index (κ1) is 19.6. The van der Waals surface area contributed by atoms with E-state index in [1.807, 2.05) is 19.1 Å². The Kier molecular flexibility index (Phi) is 6.02. The highest BCUT2D eigenvalue weighted by Crippen LogP contribution is 2.34. The van der Waals surface area contributed by atoms with Gasteiger partial charge in [-0.05, 0) is 37.1 Å². The van der Waals surface area contributed by atoms with Gasteiger partial charge in [-0.15, -0.1) is 0 Å². The molecule has 27 heavy (non-hydrogen) atoms. The molecular weight excluding hydrogens is 385 g/mol. The van der Waals surface area contributed by atoms with Gasteiger partial charge in [0.2, 0.25) is 0 Å². The number of ether oxygens (including phenoxy) is 1. The predicted molar refractivity (Wildman–Crippen MR) is 107 cm³/mol. The van der Waals surface area contributed by atoms with Gasteiger partial charge in [-0.2, -0.15) is 5.10 Å². The lowest BCUT2D eigenvalue weighted by atomic mass is 10.0. The van der Waals surface area contributed by atoms with E-state index in [2.05, 4.69) is 11.9 Å². The van der Waals surface area contributed by atoms with E-state index < -0.39 is 0 Å². The lowest BCUT2D eigenvalue weighted by molar-refractivity contribution is -0.147. The van der Waals surface area contributed by atoms with Crippen LogP contribution in [0.3, 0.4) is 0 Å². The first-order valence-corrected chi connectivity index (χ1v) is 9.71. The quantitative estimate of drug-likeness (QED) is 0.495. The van der Waals surface area contributed by atoms with Crippen LogP contribution >= 0.6 is 23.2 Å². The van der Waals surface area contributed by atoms with Gasteiger partial charge in [-0.1, -0.05) is 43.5 Å². The van der Waals surface area contributed by atoms with E-state index in [-0.39, 0.29) is 12.1 Å². The first-order chi connectivity index (χ1) is 13.0. The molecule has 142 valence electrons. The Bertz CT molecular complexity index is 985. The molecule has 0 saturated carbocycles. The molecule has 0 saturated heterocycles. The monoisotopic (exact) mass is 405 g/mol. The van der Waals surface area contributed by atoms with Crippen LogP contribution in [-0.2, 0) is 16.0 Å². The summed E-state index contributed by atoms with van der Waals surface area (Å²) in [5, 5.41) is 5.86. The molecule has 1 aromatic carbocycles. The summed E-state index contributed by atoms with van der Waals surface area (Å²) in [7, 11) is 0. The number of nitrogens with zero attached hydrogens (tertiary/aromatic N) is 3. The largest absolute Gasteiger partial charge is 0.457 e. The van der Waals surface area contributed by atoms with Crippen LogP contribution in [0.25, 0.3) is 16.9 Å². The number of carbonyl (C=O) groups is 1. The number of fused-ring (bicyclic) bond motifs is 1. The molecule has 0 aliphatic carbocycles. The van der Waals surface area contributed by atoms with Crippen LogP contribution in [-0.4, -0.2) is 20.6 Å². The maximum absolute atomic E-state index is 11.6. The molecule has 0 aliphatic heterocycles. The molecule has 0 aliphatic rings. The van der Waals surface area contributed by atoms with Crippen molar-refractivity contribution in [1.29, 1.82) is 0 Å². The van der Waals surface area contributed by atoms with E-state index in [1.54, 1.807) is 22.8 Å². The summed E-state index contributed by atoms with van der Waals surface area (Å²) in [6.45, 7) is 5.50. The molecule has 0 N–H and O–H groups in total. The van der Waals surface area contributed by atoms with Crippen LogP contribution in [0.4, 0.5) is 0 Å². The Morgan fingerprint density at radius 2 is 2.04 bits per heavy atom. The zero-order valence-electron chi connectivity index (χ0n) is 15.5. The summed E-state index contributed by atoms with van der Waals surface area (Å²) < 4.78 is 7.37. The van der Waals surface area contributed by atoms with E-state index in [9.17, 15) is 4.79 Å². The average Bonchev–Trinajstić information content (AvgIpc) is 3.00. The molecule has 3 rings (SSSR count). The number of halogens is 2. The van der Waals surface area contributed by atoms with Crippen molar-refractivity contribution in [3.05, 3.63) is 51.8 Å². The molecule has 1 unspecified atom stereocenters. The van der Waals surface area contributed by atoms with Gasteiger partial charge in [0, 0.05) is 23.7 Å². The molecule has 0 radical (unpaired) electrons. The number of benzene rings is 1. The smallest absolute Gasteiger partial charge is 0.303 e. The normalized spacial score (nSPS) is 12.3. The van der Waals surface area contributed by atoms with Gasteiger partial charge in [-0.3, -0.25) is 4.79 Å². The Morgan fingerprint density at radius 3 is 2.67 bits per heavy atom. The van der Waals surface area contributed by atoms with Gasteiger partial charge in [0.25, 0.3) is 0 Å². The molecule has 2 aromatic heterocycles. The summed E-state index contributed by atoms with van der Waals surface area (Å²) in [5.41, 5.74) is 4.02. The second kappa shape index (κ2) is 8.28. The fourth-order valence-electron chi connectivity index (χ4n) is 3.22. The van der Waals surface area contributed by atoms with Crippen molar-refractivity contribution in [2.75, 3.05) is 0 Å². The lowest BCUT2D eigenvalue weighted by Crippen LogP contribution is -2.10. The Balaban J connectivity index is 2.23. The van der Waals surface area contributed by atoms with Crippen molar-refractivity contribution in [3.63, 3.8) is 0 Å². The van der Waals surface area contributed by atoms with Crippen LogP contribution in [0, 0.1) is 0 Å². The van der Waals surface area contributed by atoms with Gasteiger partial charge in [-0.25, -0.2) is 9.50 Å². The van der Waals surface area contributed by atoms with E-state index in [0.29, 0.717) is 28.5 Å². The average molecular weight is 406 g/mol.